The van der Waals surface area contributed by atoms with Crippen LogP contribution in [0.4, 0.5) is 0 Å². The molecule has 9 heteroatoms. The number of aromatic nitrogens is 1. The number of halogens is 2. The molecule has 0 N–H and O–H groups in total. The van der Waals surface area contributed by atoms with E-state index in [9.17, 15) is 14.4 Å². The minimum atomic E-state index is -1.21. The summed E-state index contributed by atoms with van der Waals surface area (Å²) in [5.41, 5.74) is -0.903. The van der Waals surface area contributed by atoms with Crippen LogP contribution in [0.15, 0.2) is 6.07 Å². The summed E-state index contributed by atoms with van der Waals surface area (Å²) >= 11 is 11.4. The van der Waals surface area contributed by atoms with E-state index in [2.05, 4.69) is 19.2 Å². The molecule has 0 aliphatic carbocycles. The highest BCUT2D eigenvalue weighted by atomic mass is 35.5. The third kappa shape index (κ3) is 3.62. The second kappa shape index (κ2) is 7.24. The van der Waals surface area contributed by atoms with Crippen LogP contribution in [-0.2, 0) is 14.2 Å². The number of hydrogen-bond donors (Lipinski definition) is 0. The van der Waals surface area contributed by atoms with Gasteiger partial charge in [0, 0.05) is 0 Å². The molecule has 0 fully saturated rings. The Labute approximate surface area is 130 Å². The summed E-state index contributed by atoms with van der Waals surface area (Å²) in [6, 6.07) is 1.07. The number of nitrogens with zero attached hydrogens (tertiary/aromatic N) is 1. The molecule has 0 radical (unpaired) electrons. The summed E-state index contributed by atoms with van der Waals surface area (Å²) in [5, 5.41) is 0. The van der Waals surface area contributed by atoms with Crippen LogP contribution in [0.2, 0.25) is 0 Å². The Balaban J connectivity index is 3.65. The number of hydrogen-bond acceptors (Lipinski definition) is 7. The van der Waals surface area contributed by atoms with Crippen molar-refractivity contribution in [3.05, 3.63) is 28.6 Å². The van der Waals surface area contributed by atoms with Gasteiger partial charge in [0.2, 0.25) is 0 Å². The van der Waals surface area contributed by atoms with E-state index in [0.717, 1.165) is 27.4 Å². The van der Waals surface area contributed by atoms with Gasteiger partial charge in [0.25, 0.3) is 0 Å². The maximum atomic E-state index is 11.7. The highest BCUT2D eigenvalue weighted by Gasteiger charge is 2.28. The van der Waals surface area contributed by atoms with Gasteiger partial charge < -0.3 is 14.2 Å². The van der Waals surface area contributed by atoms with E-state index in [-0.39, 0.29) is 22.5 Å². The summed E-state index contributed by atoms with van der Waals surface area (Å²) < 4.78 is 13.6. The van der Waals surface area contributed by atoms with Crippen LogP contribution >= 0.6 is 23.2 Å². The molecule has 0 unspecified atom stereocenters. The van der Waals surface area contributed by atoms with Crippen molar-refractivity contribution in [3.63, 3.8) is 0 Å². The SMILES string of the molecule is COC(=O)c1cc(C(=O)OC)c(C(Cl)Cl)nc1C(=O)OC. The Hall–Kier alpha value is -1.86. The average molecular weight is 336 g/mol. The van der Waals surface area contributed by atoms with Crippen LogP contribution in [0, 0.1) is 0 Å². The van der Waals surface area contributed by atoms with Crippen LogP contribution in [-0.4, -0.2) is 44.2 Å². The highest BCUT2D eigenvalue weighted by Crippen LogP contribution is 2.28. The maximum Gasteiger partial charge on any atom is 0.357 e. The zero-order chi connectivity index (χ0) is 16.2. The molecule has 1 heterocycles. The number of rotatable bonds is 4. The first-order valence-electron chi connectivity index (χ1n) is 5.45. The molecule has 114 valence electrons. The molecule has 0 aromatic carbocycles. The van der Waals surface area contributed by atoms with Crippen LogP contribution in [0.1, 0.15) is 41.7 Å². The molecule has 0 aliphatic rings. The molecule has 0 amide bonds. The molecule has 0 aliphatic heterocycles. The van der Waals surface area contributed by atoms with Crippen LogP contribution in [0.5, 0.6) is 0 Å². The monoisotopic (exact) mass is 335 g/mol. The molecule has 0 saturated carbocycles. The van der Waals surface area contributed by atoms with Gasteiger partial charge in [-0.2, -0.15) is 0 Å². The van der Waals surface area contributed by atoms with Gasteiger partial charge >= 0.3 is 17.9 Å². The number of carbonyl (C=O) groups excluding carboxylic acids is 3. The third-order valence-electron chi connectivity index (χ3n) is 2.45. The fourth-order valence-corrected chi connectivity index (χ4v) is 1.82. The van der Waals surface area contributed by atoms with Crippen LogP contribution < -0.4 is 0 Å². The average Bonchev–Trinajstić information content (AvgIpc) is 2.50. The second-order valence-electron chi connectivity index (χ2n) is 3.59. The Kier molecular flexibility index (Phi) is 5.92. The Bertz CT molecular complexity index is 587. The van der Waals surface area contributed by atoms with Gasteiger partial charge in [-0.05, 0) is 6.07 Å². The zero-order valence-electron chi connectivity index (χ0n) is 11.3. The molecular formula is C12H11Cl2NO6. The van der Waals surface area contributed by atoms with Crippen molar-refractivity contribution >= 4 is 41.1 Å². The van der Waals surface area contributed by atoms with Crippen molar-refractivity contribution in [2.24, 2.45) is 0 Å². The molecule has 0 atom stereocenters. The molecule has 21 heavy (non-hydrogen) atoms. The summed E-state index contributed by atoms with van der Waals surface area (Å²) in [6.45, 7) is 0. The van der Waals surface area contributed by atoms with Gasteiger partial charge in [0.05, 0.1) is 38.2 Å². The number of methoxy groups -OCH3 is 3. The first-order valence-corrected chi connectivity index (χ1v) is 6.32. The lowest BCUT2D eigenvalue weighted by molar-refractivity contribution is 0.0546. The van der Waals surface area contributed by atoms with Crippen molar-refractivity contribution in [2.75, 3.05) is 21.3 Å². The summed E-state index contributed by atoms with van der Waals surface area (Å²) in [6.07, 6.45) is 0. The van der Waals surface area contributed by atoms with Gasteiger partial charge in [-0.25, -0.2) is 19.4 Å². The molecule has 7 nitrogen and oxygen atoms in total. The van der Waals surface area contributed by atoms with E-state index in [4.69, 9.17) is 23.2 Å². The molecular weight excluding hydrogens is 325 g/mol. The van der Waals surface area contributed by atoms with E-state index in [1.165, 1.54) is 0 Å². The molecule has 1 aromatic rings. The predicted molar refractivity (Wildman–Crippen MR) is 72.7 cm³/mol. The number of ether oxygens (including phenoxy) is 3. The van der Waals surface area contributed by atoms with Crippen molar-refractivity contribution in [3.8, 4) is 0 Å². The van der Waals surface area contributed by atoms with Crippen molar-refractivity contribution < 1.29 is 28.6 Å². The Morgan fingerprint density at radius 2 is 1.43 bits per heavy atom. The topological polar surface area (TPSA) is 91.8 Å². The zero-order valence-corrected chi connectivity index (χ0v) is 12.8. The second-order valence-corrected chi connectivity index (χ2v) is 4.69. The lowest BCUT2D eigenvalue weighted by Gasteiger charge is -2.12. The van der Waals surface area contributed by atoms with Crippen molar-refractivity contribution in [1.82, 2.24) is 4.98 Å². The van der Waals surface area contributed by atoms with Crippen LogP contribution in [0.25, 0.3) is 0 Å². The van der Waals surface area contributed by atoms with E-state index < -0.39 is 22.7 Å². The van der Waals surface area contributed by atoms with Crippen molar-refractivity contribution in [1.29, 1.82) is 0 Å². The van der Waals surface area contributed by atoms with E-state index >= 15 is 0 Å². The fraction of sp³-hybridized carbons (Fsp3) is 0.333. The normalized spacial score (nSPS) is 10.2. The molecule has 1 rings (SSSR count). The van der Waals surface area contributed by atoms with Crippen molar-refractivity contribution in [2.45, 2.75) is 4.84 Å². The van der Waals surface area contributed by atoms with Gasteiger partial charge in [0.1, 0.15) is 4.84 Å². The fourth-order valence-electron chi connectivity index (χ4n) is 1.49. The van der Waals surface area contributed by atoms with E-state index in [1.807, 2.05) is 0 Å². The predicted octanol–water partition coefficient (Wildman–Crippen LogP) is 1.92. The minimum Gasteiger partial charge on any atom is -0.465 e. The van der Waals surface area contributed by atoms with Gasteiger partial charge in [-0.15, -0.1) is 0 Å². The quantitative estimate of drug-likeness (QED) is 0.471. The lowest BCUT2D eigenvalue weighted by Crippen LogP contribution is -2.19. The first-order chi connectivity index (χ1) is 9.87. The molecule has 0 saturated heterocycles. The summed E-state index contributed by atoms with van der Waals surface area (Å²) in [4.78, 5) is 37.7. The number of esters is 3. The summed E-state index contributed by atoms with van der Waals surface area (Å²) in [5.74, 6) is -2.59. The Morgan fingerprint density at radius 1 is 0.952 bits per heavy atom. The third-order valence-corrected chi connectivity index (χ3v) is 2.86. The van der Waals surface area contributed by atoms with E-state index in [0.29, 0.717) is 0 Å². The minimum absolute atomic E-state index is 0.127. The Morgan fingerprint density at radius 3 is 1.86 bits per heavy atom. The highest BCUT2D eigenvalue weighted by molar-refractivity contribution is 6.44. The molecule has 1 aromatic heterocycles. The molecule has 0 spiro atoms. The first kappa shape index (κ1) is 17.2. The lowest BCUT2D eigenvalue weighted by atomic mass is 10.1. The number of pyridine rings is 1. The largest absolute Gasteiger partial charge is 0.465 e. The van der Waals surface area contributed by atoms with Gasteiger partial charge in [-0.1, -0.05) is 23.2 Å². The molecule has 0 bridgehead atoms. The number of alkyl halides is 2. The smallest absolute Gasteiger partial charge is 0.357 e. The number of carbonyl (C=O) groups is 3. The van der Waals surface area contributed by atoms with Crippen LogP contribution in [0.3, 0.4) is 0 Å². The van der Waals surface area contributed by atoms with E-state index in [1.54, 1.807) is 0 Å². The van der Waals surface area contributed by atoms with Gasteiger partial charge in [-0.3, -0.25) is 0 Å². The maximum absolute atomic E-state index is 11.7. The standard InChI is InChI=1S/C12H11Cl2NO6/c1-19-10(16)5-4-6(11(17)20-2)8(12(18)21-3)15-7(5)9(13)14/h4,9H,1-3H3. The van der Waals surface area contributed by atoms with Gasteiger partial charge in [0.15, 0.2) is 5.69 Å². The summed E-state index contributed by atoms with van der Waals surface area (Å²) in [7, 11) is 3.36.